The van der Waals surface area contributed by atoms with E-state index in [0.717, 1.165) is 38.0 Å². The van der Waals surface area contributed by atoms with Gasteiger partial charge in [0, 0.05) is 18.0 Å². The Morgan fingerprint density at radius 2 is 2.14 bits per heavy atom. The third-order valence-electron chi connectivity index (χ3n) is 4.46. The third-order valence-corrected chi connectivity index (χ3v) is 4.46. The van der Waals surface area contributed by atoms with Crippen LogP contribution in [0.1, 0.15) is 24.3 Å². The van der Waals surface area contributed by atoms with Crippen molar-refractivity contribution in [2.45, 2.75) is 18.8 Å². The number of piperidine rings is 1. The van der Waals surface area contributed by atoms with E-state index in [-0.39, 0.29) is 18.3 Å². The molecule has 118 valence electrons. The monoisotopic (exact) mass is 296 g/mol. The molecule has 1 saturated heterocycles. The molecular formula is C16H25FN2O2. The van der Waals surface area contributed by atoms with Crippen molar-refractivity contribution < 1.29 is 14.2 Å². The van der Waals surface area contributed by atoms with Gasteiger partial charge >= 0.3 is 0 Å². The number of rotatable bonds is 6. The number of methoxy groups -OCH3 is 1. The first kappa shape index (κ1) is 16.2. The smallest absolute Gasteiger partial charge is 0.123 e. The summed E-state index contributed by atoms with van der Waals surface area (Å²) in [4.78, 5) is 2.26. The average Bonchev–Trinajstić information content (AvgIpc) is 2.50. The molecule has 1 atom stereocenters. The SMILES string of the molecule is COc1ccc(F)cc1C(CN)C1CCN(CCO)CC1. The minimum atomic E-state index is -0.248. The van der Waals surface area contributed by atoms with E-state index < -0.39 is 0 Å². The fourth-order valence-electron chi connectivity index (χ4n) is 3.29. The Kier molecular flexibility index (Phi) is 5.96. The molecule has 2 rings (SSSR count). The molecule has 0 radical (unpaired) electrons. The molecule has 0 spiro atoms. The van der Waals surface area contributed by atoms with Gasteiger partial charge in [-0.15, -0.1) is 0 Å². The molecular weight excluding hydrogens is 271 g/mol. The van der Waals surface area contributed by atoms with E-state index in [1.54, 1.807) is 19.2 Å². The van der Waals surface area contributed by atoms with E-state index >= 15 is 0 Å². The van der Waals surface area contributed by atoms with Crippen molar-refractivity contribution in [2.24, 2.45) is 11.7 Å². The summed E-state index contributed by atoms with van der Waals surface area (Å²) in [6.45, 7) is 3.33. The number of aliphatic hydroxyl groups is 1. The number of likely N-dealkylation sites (tertiary alicyclic amines) is 1. The van der Waals surface area contributed by atoms with Crippen LogP contribution in [-0.2, 0) is 0 Å². The van der Waals surface area contributed by atoms with Crippen molar-refractivity contribution in [3.05, 3.63) is 29.6 Å². The van der Waals surface area contributed by atoms with Crippen molar-refractivity contribution >= 4 is 0 Å². The van der Waals surface area contributed by atoms with Crippen LogP contribution < -0.4 is 10.5 Å². The maximum atomic E-state index is 13.6. The topological polar surface area (TPSA) is 58.7 Å². The zero-order valence-electron chi connectivity index (χ0n) is 12.6. The first-order valence-electron chi connectivity index (χ1n) is 7.56. The lowest BCUT2D eigenvalue weighted by Crippen LogP contribution is -2.38. The number of nitrogens with zero attached hydrogens (tertiary/aromatic N) is 1. The zero-order valence-corrected chi connectivity index (χ0v) is 12.6. The fraction of sp³-hybridized carbons (Fsp3) is 0.625. The highest BCUT2D eigenvalue weighted by Crippen LogP contribution is 2.36. The van der Waals surface area contributed by atoms with Crippen LogP contribution in [0.5, 0.6) is 5.75 Å². The highest BCUT2D eigenvalue weighted by molar-refractivity contribution is 5.37. The van der Waals surface area contributed by atoms with Crippen molar-refractivity contribution in [1.82, 2.24) is 4.90 Å². The van der Waals surface area contributed by atoms with Gasteiger partial charge in [0.25, 0.3) is 0 Å². The summed E-state index contributed by atoms with van der Waals surface area (Å²) < 4.78 is 18.9. The van der Waals surface area contributed by atoms with E-state index in [1.807, 2.05) is 0 Å². The van der Waals surface area contributed by atoms with E-state index in [0.29, 0.717) is 18.2 Å². The molecule has 1 heterocycles. The molecule has 0 bridgehead atoms. The number of β-amino-alcohol motifs (C(OH)–C–C–N with tert-alkyl or cyclic N) is 1. The lowest BCUT2D eigenvalue weighted by Gasteiger charge is -2.36. The number of nitrogens with two attached hydrogens (primary N) is 1. The van der Waals surface area contributed by atoms with Gasteiger partial charge in [-0.05, 0) is 56.6 Å². The van der Waals surface area contributed by atoms with E-state index in [4.69, 9.17) is 15.6 Å². The molecule has 1 aromatic rings. The minimum Gasteiger partial charge on any atom is -0.496 e. The Labute approximate surface area is 125 Å². The molecule has 4 nitrogen and oxygen atoms in total. The lowest BCUT2D eigenvalue weighted by atomic mass is 9.79. The highest BCUT2D eigenvalue weighted by atomic mass is 19.1. The van der Waals surface area contributed by atoms with Gasteiger partial charge in [0.1, 0.15) is 11.6 Å². The predicted octanol–water partition coefficient (Wildman–Crippen LogP) is 1.58. The second-order valence-corrected chi connectivity index (χ2v) is 5.63. The predicted molar refractivity (Wildman–Crippen MR) is 81.0 cm³/mol. The Hall–Kier alpha value is -1.17. The summed E-state index contributed by atoms with van der Waals surface area (Å²) in [6, 6.07) is 4.64. The normalized spacial score (nSPS) is 18.7. The molecule has 5 heteroatoms. The average molecular weight is 296 g/mol. The number of hydrogen-bond donors (Lipinski definition) is 2. The lowest BCUT2D eigenvalue weighted by molar-refractivity contribution is 0.138. The standard InChI is InChI=1S/C16H25FN2O2/c1-21-16-3-2-13(17)10-14(16)15(11-18)12-4-6-19(7-5-12)8-9-20/h2-3,10,12,15,20H,4-9,11,18H2,1H3. The zero-order chi connectivity index (χ0) is 15.2. The largest absolute Gasteiger partial charge is 0.496 e. The molecule has 1 unspecified atom stereocenters. The number of aliphatic hydroxyl groups excluding tert-OH is 1. The molecule has 1 aliphatic heterocycles. The molecule has 0 saturated carbocycles. The number of benzene rings is 1. The van der Waals surface area contributed by atoms with Crippen LogP contribution in [0.4, 0.5) is 4.39 Å². The fourth-order valence-corrected chi connectivity index (χ4v) is 3.29. The van der Waals surface area contributed by atoms with Gasteiger partial charge in [-0.2, -0.15) is 0 Å². The number of halogens is 1. The van der Waals surface area contributed by atoms with Crippen molar-refractivity contribution in [3.8, 4) is 5.75 Å². The molecule has 0 aromatic heterocycles. The summed E-state index contributed by atoms with van der Waals surface area (Å²) in [6.07, 6.45) is 2.03. The van der Waals surface area contributed by atoms with Crippen LogP contribution in [-0.4, -0.2) is 49.9 Å². The van der Waals surface area contributed by atoms with Crippen LogP contribution in [0.2, 0.25) is 0 Å². The van der Waals surface area contributed by atoms with Crippen LogP contribution in [0, 0.1) is 11.7 Å². The van der Waals surface area contributed by atoms with Gasteiger partial charge in [-0.25, -0.2) is 4.39 Å². The summed E-state index contributed by atoms with van der Waals surface area (Å²) >= 11 is 0. The van der Waals surface area contributed by atoms with Gasteiger partial charge in [0.2, 0.25) is 0 Å². The highest BCUT2D eigenvalue weighted by Gasteiger charge is 2.28. The maximum absolute atomic E-state index is 13.6. The quantitative estimate of drug-likeness (QED) is 0.837. The molecule has 3 N–H and O–H groups in total. The van der Waals surface area contributed by atoms with Crippen LogP contribution >= 0.6 is 0 Å². The van der Waals surface area contributed by atoms with E-state index in [2.05, 4.69) is 4.90 Å². The van der Waals surface area contributed by atoms with Crippen LogP contribution in [0.3, 0.4) is 0 Å². The summed E-state index contributed by atoms with van der Waals surface area (Å²) in [5.41, 5.74) is 6.85. The molecule has 1 fully saturated rings. The molecule has 21 heavy (non-hydrogen) atoms. The van der Waals surface area contributed by atoms with Gasteiger partial charge < -0.3 is 20.5 Å². The van der Waals surface area contributed by atoms with Crippen LogP contribution in [0.25, 0.3) is 0 Å². The molecule has 1 aromatic carbocycles. The van der Waals surface area contributed by atoms with Gasteiger partial charge in [0.05, 0.1) is 13.7 Å². The summed E-state index contributed by atoms with van der Waals surface area (Å²) in [5, 5.41) is 9.00. The molecule has 0 amide bonds. The second-order valence-electron chi connectivity index (χ2n) is 5.63. The maximum Gasteiger partial charge on any atom is 0.123 e. The van der Waals surface area contributed by atoms with Gasteiger partial charge in [-0.3, -0.25) is 0 Å². The van der Waals surface area contributed by atoms with Gasteiger partial charge in [-0.1, -0.05) is 0 Å². The Morgan fingerprint density at radius 3 is 2.71 bits per heavy atom. The number of hydrogen-bond acceptors (Lipinski definition) is 4. The van der Waals surface area contributed by atoms with Gasteiger partial charge in [0.15, 0.2) is 0 Å². The van der Waals surface area contributed by atoms with Crippen molar-refractivity contribution in [2.75, 3.05) is 39.9 Å². The number of ether oxygens (including phenoxy) is 1. The van der Waals surface area contributed by atoms with Crippen molar-refractivity contribution in [1.29, 1.82) is 0 Å². The minimum absolute atomic E-state index is 0.118. The Morgan fingerprint density at radius 1 is 1.43 bits per heavy atom. The third kappa shape index (κ3) is 3.93. The first-order valence-corrected chi connectivity index (χ1v) is 7.56. The first-order chi connectivity index (χ1) is 10.2. The Balaban J connectivity index is 2.12. The summed E-state index contributed by atoms with van der Waals surface area (Å²) in [7, 11) is 1.61. The molecule has 0 aliphatic carbocycles. The van der Waals surface area contributed by atoms with E-state index in [9.17, 15) is 4.39 Å². The van der Waals surface area contributed by atoms with Crippen molar-refractivity contribution in [3.63, 3.8) is 0 Å². The second kappa shape index (κ2) is 7.73. The Bertz CT molecular complexity index is 448. The van der Waals surface area contributed by atoms with E-state index in [1.165, 1.54) is 6.07 Å². The molecule has 1 aliphatic rings. The summed E-state index contributed by atoms with van der Waals surface area (Å²) in [5.74, 6) is 1.01. The van der Waals surface area contributed by atoms with Crippen LogP contribution in [0.15, 0.2) is 18.2 Å².